The molecule has 0 bridgehead atoms. The Bertz CT molecular complexity index is 990. The first-order valence-electron chi connectivity index (χ1n) is 13.4. The zero-order valence-electron chi connectivity index (χ0n) is 23.1. The lowest BCUT2D eigenvalue weighted by Gasteiger charge is -2.31. The van der Waals surface area contributed by atoms with Crippen molar-refractivity contribution in [3.63, 3.8) is 0 Å². The lowest BCUT2D eigenvalue weighted by Crippen LogP contribution is -2.44. The summed E-state index contributed by atoms with van der Waals surface area (Å²) in [6.07, 6.45) is 4.59. The van der Waals surface area contributed by atoms with Crippen molar-refractivity contribution >= 4 is 17.9 Å². The first-order valence-corrected chi connectivity index (χ1v) is 13.4. The number of aldehydes is 1. The van der Waals surface area contributed by atoms with Gasteiger partial charge in [-0.3, -0.25) is 14.7 Å². The number of carbonyl (C=O) groups is 2. The van der Waals surface area contributed by atoms with Crippen LogP contribution in [0.25, 0.3) is 0 Å². The molecule has 38 heavy (non-hydrogen) atoms. The zero-order chi connectivity index (χ0) is 27.5. The number of anilines is 1. The van der Waals surface area contributed by atoms with Crippen molar-refractivity contribution in [2.75, 3.05) is 57.9 Å². The lowest BCUT2D eigenvalue weighted by atomic mass is 9.87. The van der Waals surface area contributed by atoms with E-state index < -0.39 is 6.04 Å². The summed E-state index contributed by atoms with van der Waals surface area (Å²) in [6.45, 7) is 12.0. The van der Waals surface area contributed by atoms with E-state index in [4.69, 9.17) is 9.84 Å². The second-order valence-corrected chi connectivity index (χ2v) is 10.9. The number of aliphatic hydroxyl groups is 1. The summed E-state index contributed by atoms with van der Waals surface area (Å²) < 4.78 is 5.39. The summed E-state index contributed by atoms with van der Waals surface area (Å²) in [5, 5.41) is 14.8. The average Bonchev–Trinajstić information content (AvgIpc) is 3.35. The first kappa shape index (κ1) is 29.7. The Morgan fingerprint density at radius 3 is 2.50 bits per heavy atom. The monoisotopic (exact) mass is 525 g/mol. The quantitative estimate of drug-likeness (QED) is 0.449. The van der Waals surface area contributed by atoms with Gasteiger partial charge in [0.15, 0.2) is 0 Å². The largest absolute Gasteiger partial charge is 0.392 e. The predicted molar refractivity (Wildman–Crippen MR) is 149 cm³/mol. The number of carbonyl (C=O) groups excluding carboxylic acids is 2. The molecule has 3 heterocycles. The minimum absolute atomic E-state index is 0.0151. The summed E-state index contributed by atoms with van der Waals surface area (Å²) in [5.74, 6) is -0.0151. The number of ether oxygens (including phenoxy) is 1. The van der Waals surface area contributed by atoms with Crippen molar-refractivity contribution in [2.24, 2.45) is 0 Å². The normalized spacial score (nSPS) is 20.7. The van der Waals surface area contributed by atoms with Gasteiger partial charge in [0.2, 0.25) is 5.91 Å². The highest BCUT2D eigenvalue weighted by Gasteiger charge is 2.26. The molecule has 0 radical (unpaired) electrons. The number of aromatic nitrogens is 1. The third kappa shape index (κ3) is 8.87. The van der Waals surface area contributed by atoms with Gasteiger partial charge in [0.05, 0.1) is 25.4 Å². The third-order valence-electron chi connectivity index (χ3n) is 6.91. The molecular weight excluding hydrogens is 482 g/mol. The Hall–Kier alpha value is -2.85. The Morgan fingerprint density at radius 2 is 1.97 bits per heavy atom. The highest BCUT2D eigenvalue weighted by Crippen LogP contribution is 2.29. The van der Waals surface area contributed by atoms with Crippen LogP contribution in [-0.2, 0) is 19.7 Å². The van der Waals surface area contributed by atoms with Gasteiger partial charge in [-0.1, -0.05) is 39.0 Å². The van der Waals surface area contributed by atoms with Crippen molar-refractivity contribution in [1.29, 1.82) is 0 Å². The van der Waals surface area contributed by atoms with Gasteiger partial charge < -0.3 is 30.2 Å². The molecule has 2 aliphatic rings. The van der Waals surface area contributed by atoms with E-state index in [-0.39, 0.29) is 23.5 Å². The second kappa shape index (κ2) is 14.3. The van der Waals surface area contributed by atoms with Crippen molar-refractivity contribution < 1.29 is 19.4 Å². The van der Waals surface area contributed by atoms with Gasteiger partial charge in [0.25, 0.3) is 0 Å². The average molecular weight is 526 g/mol. The van der Waals surface area contributed by atoms with Crippen molar-refractivity contribution in [1.82, 2.24) is 20.5 Å². The van der Waals surface area contributed by atoms with E-state index in [0.29, 0.717) is 19.5 Å². The standard InChI is InChI=1S/C24H34N4O2.C5H9NO2/c1-24(2,3)20-7-9-21(10-8-20)27(4)22(19-6-5-11-25-18-19)23(29)26-12-13-28-14-16-30-17-15-28;7-3-4-1-5(8)2-6-4/h5-11,18,22H,12-17H2,1-4H3,(H,26,29);3-6,8H,1-2H2. The van der Waals surface area contributed by atoms with Gasteiger partial charge in [-0.2, -0.15) is 0 Å². The number of hydrogen-bond acceptors (Lipinski definition) is 8. The van der Waals surface area contributed by atoms with Gasteiger partial charge in [-0.25, -0.2) is 0 Å². The molecule has 3 atom stereocenters. The molecule has 2 aromatic rings. The summed E-state index contributed by atoms with van der Waals surface area (Å²) >= 11 is 0. The van der Waals surface area contributed by atoms with Gasteiger partial charge in [-0.05, 0) is 35.6 Å². The van der Waals surface area contributed by atoms with E-state index in [2.05, 4.69) is 65.6 Å². The summed E-state index contributed by atoms with van der Waals surface area (Å²) in [7, 11) is 1.96. The number of aliphatic hydroxyl groups excluding tert-OH is 1. The van der Waals surface area contributed by atoms with Crippen LogP contribution in [0.2, 0.25) is 0 Å². The van der Waals surface area contributed by atoms with Crippen LogP contribution in [0.4, 0.5) is 5.69 Å². The maximum Gasteiger partial charge on any atom is 0.247 e. The van der Waals surface area contributed by atoms with E-state index >= 15 is 0 Å². The number of pyridine rings is 1. The fourth-order valence-corrected chi connectivity index (χ4v) is 4.54. The zero-order valence-corrected chi connectivity index (χ0v) is 23.1. The molecular formula is C29H43N5O4. The van der Waals surface area contributed by atoms with Crippen molar-refractivity contribution in [3.05, 3.63) is 59.9 Å². The minimum Gasteiger partial charge on any atom is -0.392 e. The topological polar surface area (TPSA) is 107 Å². The van der Waals surface area contributed by atoms with Crippen LogP contribution >= 0.6 is 0 Å². The fraction of sp³-hybridized carbons (Fsp3) is 0.552. The van der Waals surface area contributed by atoms with E-state index in [1.807, 2.05) is 24.1 Å². The number of nitrogens with one attached hydrogen (secondary N) is 2. The number of rotatable bonds is 8. The smallest absolute Gasteiger partial charge is 0.247 e. The molecule has 1 aromatic heterocycles. The lowest BCUT2D eigenvalue weighted by molar-refractivity contribution is -0.122. The van der Waals surface area contributed by atoms with Crippen LogP contribution in [0, 0.1) is 0 Å². The number of nitrogens with zero attached hydrogens (tertiary/aromatic N) is 3. The van der Waals surface area contributed by atoms with Crippen molar-refractivity contribution in [3.8, 4) is 0 Å². The highest BCUT2D eigenvalue weighted by atomic mass is 16.5. The molecule has 0 saturated carbocycles. The Balaban J connectivity index is 0.000000427. The van der Waals surface area contributed by atoms with Gasteiger partial charge >= 0.3 is 0 Å². The molecule has 1 aromatic carbocycles. The number of hydrogen-bond donors (Lipinski definition) is 3. The number of β-amino-alcohol motifs (C(OH)–C–C–N with tert-alkyl or cyclic N) is 1. The number of morpholine rings is 1. The molecule has 208 valence electrons. The molecule has 2 aliphatic heterocycles. The number of amides is 1. The van der Waals surface area contributed by atoms with Gasteiger partial charge in [0, 0.05) is 63.4 Å². The summed E-state index contributed by atoms with van der Waals surface area (Å²) in [6, 6.07) is 11.7. The van der Waals surface area contributed by atoms with Crippen LogP contribution in [-0.4, -0.2) is 92.3 Å². The van der Waals surface area contributed by atoms with Crippen LogP contribution in [0.1, 0.15) is 44.4 Å². The van der Waals surface area contributed by atoms with Crippen LogP contribution in [0.15, 0.2) is 48.8 Å². The minimum atomic E-state index is -0.441. The Morgan fingerprint density at radius 1 is 1.26 bits per heavy atom. The molecule has 0 spiro atoms. The van der Waals surface area contributed by atoms with E-state index in [9.17, 15) is 9.59 Å². The van der Waals surface area contributed by atoms with Crippen LogP contribution in [0.5, 0.6) is 0 Å². The van der Waals surface area contributed by atoms with E-state index in [1.54, 1.807) is 12.4 Å². The number of likely N-dealkylation sites (N-methyl/N-ethyl adjacent to an activating group) is 1. The molecule has 4 rings (SSSR count). The predicted octanol–water partition coefficient (Wildman–Crippen LogP) is 1.91. The molecule has 9 heteroatoms. The molecule has 2 saturated heterocycles. The fourth-order valence-electron chi connectivity index (χ4n) is 4.54. The summed E-state index contributed by atoms with van der Waals surface area (Å²) in [4.78, 5) is 31.8. The Kier molecular flexibility index (Phi) is 11.2. The molecule has 3 unspecified atom stereocenters. The summed E-state index contributed by atoms with van der Waals surface area (Å²) in [5.41, 5.74) is 3.24. The maximum atomic E-state index is 13.2. The molecule has 1 amide bonds. The number of benzene rings is 1. The van der Waals surface area contributed by atoms with Gasteiger partial charge in [0.1, 0.15) is 12.3 Å². The highest BCUT2D eigenvalue weighted by molar-refractivity contribution is 5.86. The molecule has 3 N–H and O–H groups in total. The second-order valence-electron chi connectivity index (χ2n) is 10.9. The maximum absolute atomic E-state index is 13.2. The van der Waals surface area contributed by atoms with E-state index in [1.165, 1.54) is 5.56 Å². The van der Waals surface area contributed by atoms with Crippen LogP contribution in [0.3, 0.4) is 0 Å². The first-order chi connectivity index (χ1) is 18.2. The third-order valence-corrected chi connectivity index (χ3v) is 6.91. The molecule has 2 fully saturated rings. The van der Waals surface area contributed by atoms with Crippen LogP contribution < -0.4 is 15.5 Å². The Labute approximate surface area is 226 Å². The molecule has 0 aliphatic carbocycles. The SMILES string of the molecule is CN(c1ccc(C(C)(C)C)cc1)C(C(=O)NCCN1CCOCC1)c1cccnc1.O=CC1CC(O)CN1. The van der Waals surface area contributed by atoms with Gasteiger partial charge in [-0.15, -0.1) is 0 Å². The molecule has 9 nitrogen and oxygen atoms in total. The van der Waals surface area contributed by atoms with Crippen molar-refractivity contribution in [2.45, 2.75) is 50.8 Å². The van der Waals surface area contributed by atoms with E-state index in [0.717, 1.165) is 50.4 Å².